The van der Waals surface area contributed by atoms with Crippen LogP contribution in [-0.2, 0) is 9.59 Å². The highest BCUT2D eigenvalue weighted by Gasteiger charge is 2.29. The number of nitrogens with zero attached hydrogens (tertiary/aromatic N) is 1. The van der Waals surface area contributed by atoms with Crippen LogP contribution in [0, 0.1) is 5.41 Å². The molecule has 0 aliphatic carbocycles. The summed E-state index contributed by atoms with van der Waals surface area (Å²) in [5.41, 5.74) is 7.87. The van der Waals surface area contributed by atoms with Crippen molar-refractivity contribution in [3.05, 3.63) is 33.8 Å². The fourth-order valence-electron chi connectivity index (χ4n) is 1.07. The lowest BCUT2D eigenvalue weighted by molar-refractivity contribution is -0.165. The minimum Gasteiger partial charge on any atom is -0.479 e. The summed E-state index contributed by atoms with van der Waals surface area (Å²) >= 11 is 11.7. The number of nitrogens with two attached hydrogens (primary N) is 1. The van der Waals surface area contributed by atoms with Gasteiger partial charge in [0, 0.05) is 5.56 Å². The molecule has 0 fully saturated rings. The topological polar surface area (TPSA) is 221 Å². The molecule has 0 aliphatic rings. The number of aliphatic hydroxyl groups excluding tert-OH is 2. The first-order chi connectivity index (χ1) is 11.1. The number of rotatable bonds is 5. The summed E-state index contributed by atoms with van der Waals surface area (Å²) in [5.74, 6) is -3.78. The molecular weight excluding hydrogens is 383 g/mol. The molecule has 0 heterocycles. The second-order valence-corrected chi connectivity index (χ2v) is 4.80. The Hall–Kier alpha value is -2.44. The molecule has 1 rings (SSSR count). The highest BCUT2D eigenvalue weighted by atomic mass is 35.5. The maximum absolute atomic E-state index is 9.77. The average Bonchev–Trinajstić information content (AvgIpc) is 2.48. The molecular formula is C12H16Cl2N4O7. The van der Waals surface area contributed by atoms with Gasteiger partial charge in [-0.05, 0) is 12.1 Å². The van der Waals surface area contributed by atoms with E-state index in [9.17, 15) is 9.59 Å². The minimum absolute atomic E-state index is 0. The summed E-state index contributed by atoms with van der Waals surface area (Å²) in [6.45, 7) is 0. The number of carboxylic acids is 2. The number of nitrogens with one attached hydrogen (secondary N) is 2. The number of aliphatic carboxylic acids is 2. The van der Waals surface area contributed by atoms with Crippen LogP contribution in [0.5, 0.6) is 0 Å². The first-order valence-electron chi connectivity index (χ1n) is 5.96. The first kappa shape index (κ1) is 24.8. The number of hydrogen-bond donors (Lipinski definition) is 7. The molecule has 13 heteroatoms. The third-order valence-electron chi connectivity index (χ3n) is 2.18. The van der Waals surface area contributed by atoms with E-state index in [2.05, 4.69) is 10.5 Å². The highest BCUT2D eigenvalue weighted by molar-refractivity contribution is 6.38. The van der Waals surface area contributed by atoms with Crippen molar-refractivity contribution in [3.8, 4) is 0 Å². The van der Waals surface area contributed by atoms with E-state index in [1.807, 2.05) is 0 Å². The Balaban J connectivity index is 0. The van der Waals surface area contributed by atoms with E-state index in [-0.39, 0.29) is 11.4 Å². The third kappa shape index (κ3) is 9.44. The zero-order chi connectivity index (χ0) is 18.9. The molecule has 0 saturated heterocycles. The number of aliphatic hydroxyl groups is 2. The maximum Gasteiger partial charge on any atom is 0.335 e. The molecule has 10 N–H and O–H groups in total. The molecule has 0 radical (unpaired) electrons. The van der Waals surface area contributed by atoms with Gasteiger partial charge in [0.25, 0.3) is 0 Å². The van der Waals surface area contributed by atoms with Crippen LogP contribution in [0.3, 0.4) is 0 Å². The molecule has 2 atom stereocenters. The molecule has 0 saturated carbocycles. The Bertz CT molecular complexity index is 604. The molecule has 1 aromatic carbocycles. The minimum atomic E-state index is -2.27. The van der Waals surface area contributed by atoms with Gasteiger partial charge in [-0.15, -0.1) is 0 Å². The van der Waals surface area contributed by atoms with Crippen molar-refractivity contribution in [2.45, 2.75) is 12.2 Å². The molecule has 25 heavy (non-hydrogen) atoms. The van der Waals surface area contributed by atoms with Crippen molar-refractivity contribution in [1.82, 2.24) is 5.43 Å². The summed E-state index contributed by atoms with van der Waals surface area (Å²) in [7, 11) is 0. The number of halogens is 2. The molecule has 0 aliphatic heterocycles. The van der Waals surface area contributed by atoms with E-state index < -0.39 is 24.1 Å². The number of benzene rings is 1. The monoisotopic (exact) mass is 398 g/mol. The number of carbonyl (C=O) groups is 2. The lowest BCUT2D eigenvalue weighted by atomic mass is 10.2. The molecule has 2 unspecified atom stereocenters. The van der Waals surface area contributed by atoms with Gasteiger partial charge in [-0.1, -0.05) is 29.3 Å². The molecule has 0 aromatic heterocycles. The van der Waals surface area contributed by atoms with E-state index in [4.69, 9.17) is 54.8 Å². The van der Waals surface area contributed by atoms with Crippen LogP contribution >= 0.6 is 23.2 Å². The predicted molar refractivity (Wildman–Crippen MR) is 90.0 cm³/mol. The van der Waals surface area contributed by atoms with Crippen molar-refractivity contribution in [2.24, 2.45) is 10.8 Å². The second kappa shape index (κ2) is 12.0. The molecule has 0 amide bonds. The van der Waals surface area contributed by atoms with E-state index in [0.29, 0.717) is 15.6 Å². The van der Waals surface area contributed by atoms with Gasteiger partial charge in [0.15, 0.2) is 12.2 Å². The summed E-state index contributed by atoms with van der Waals surface area (Å²) < 4.78 is 0. The Morgan fingerprint density at radius 3 is 1.88 bits per heavy atom. The van der Waals surface area contributed by atoms with Gasteiger partial charge in [0.2, 0.25) is 5.96 Å². The smallest absolute Gasteiger partial charge is 0.335 e. The number of guanidine groups is 1. The van der Waals surface area contributed by atoms with Gasteiger partial charge in [-0.2, -0.15) is 5.10 Å². The quantitative estimate of drug-likeness (QED) is 0.182. The van der Waals surface area contributed by atoms with Crippen LogP contribution in [0.15, 0.2) is 23.3 Å². The van der Waals surface area contributed by atoms with Crippen LogP contribution in [0.2, 0.25) is 10.0 Å². The van der Waals surface area contributed by atoms with E-state index in [0.717, 1.165) is 0 Å². The van der Waals surface area contributed by atoms with Crippen LogP contribution in [-0.4, -0.2) is 62.2 Å². The van der Waals surface area contributed by atoms with Crippen LogP contribution in [0.1, 0.15) is 5.56 Å². The van der Waals surface area contributed by atoms with Crippen molar-refractivity contribution in [1.29, 1.82) is 5.41 Å². The van der Waals surface area contributed by atoms with Crippen LogP contribution in [0.25, 0.3) is 0 Å². The molecule has 1 aromatic rings. The van der Waals surface area contributed by atoms with Gasteiger partial charge in [0.05, 0.1) is 16.3 Å². The Kier molecular flexibility index (Phi) is 11.9. The number of hydrogen-bond acceptors (Lipinski definition) is 6. The van der Waals surface area contributed by atoms with Crippen LogP contribution in [0.4, 0.5) is 0 Å². The van der Waals surface area contributed by atoms with E-state index in [1.54, 1.807) is 18.2 Å². The van der Waals surface area contributed by atoms with Crippen LogP contribution < -0.4 is 11.2 Å². The standard InChI is InChI=1S/C8H8Cl2N4.C4H6O6.H2O/c9-6-2-1-3-7(10)5(6)4-13-14-8(11)12;5-1(3(7)8)2(6)4(9)10;/h1-4H,(H4,11,12,14);1-2,5-6H,(H,7,8)(H,9,10);1H2/b13-4+;;. The predicted octanol–water partition coefficient (Wildman–Crippen LogP) is -1.14. The highest BCUT2D eigenvalue weighted by Crippen LogP contribution is 2.21. The Morgan fingerprint density at radius 1 is 1.16 bits per heavy atom. The van der Waals surface area contributed by atoms with Crippen molar-refractivity contribution >= 4 is 47.3 Å². The maximum atomic E-state index is 9.77. The largest absolute Gasteiger partial charge is 0.479 e. The number of carboxylic acid groups (broad SMARTS) is 2. The van der Waals surface area contributed by atoms with Gasteiger partial charge in [-0.3, -0.25) is 5.41 Å². The average molecular weight is 399 g/mol. The zero-order valence-electron chi connectivity index (χ0n) is 12.3. The summed E-state index contributed by atoms with van der Waals surface area (Å²) in [6, 6.07) is 5.13. The fraction of sp³-hybridized carbons (Fsp3) is 0.167. The Morgan fingerprint density at radius 2 is 1.56 bits per heavy atom. The lowest BCUT2D eigenvalue weighted by Gasteiger charge is -2.07. The second-order valence-electron chi connectivity index (χ2n) is 3.99. The van der Waals surface area contributed by atoms with Gasteiger partial charge < -0.3 is 31.6 Å². The lowest BCUT2D eigenvalue weighted by Crippen LogP contribution is -2.39. The van der Waals surface area contributed by atoms with E-state index in [1.165, 1.54) is 6.21 Å². The third-order valence-corrected chi connectivity index (χ3v) is 2.84. The molecule has 0 spiro atoms. The van der Waals surface area contributed by atoms with Gasteiger partial charge >= 0.3 is 11.9 Å². The Labute approximate surface area is 151 Å². The molecule has 0 bridgehead atoms. The molecule has 11 nitrogen and oxygen atoms in total. The molecule has 140 valence electrons. The summed E-state index contributed by atoms with van der Waals surface area (Å²) in [6.07, 6.45) is -3.12. The van der Waals surface area contributed by atoms with Crippen molar-refractivity contribution < 1.29 is 35.5 Å². The van der Waals surface area contributed by atoms with Gasteiger partial charge in [0.1, 0.15) is 0 Å². The SMILES string of the molecule is N=C(N)N/N=C/c1c(Cl)cccc1Cl.O.O=C(O)C(O)C(O)C(=O)O. The van der Waals surface area contributed by atoms with Gasteiger partial charge in [-0.25, -0.2) is 15.0 Å². The summed E-state index contributed by atoms with van der Waals surface area (Å²) in [5, 5.41) is 44.0. The number of hydrazone groups is 1. The van der Waals surface area contributed by atoms with Crippen molar-refractivity contribution in [3.63, 3.8) is 0 Å². The normalized spacial score (nSPS) is 12.2. The van der Waals surface area contributed by atoms with Crippen molar-refractivity contribution in [2.75, 3.05) is 0 Å². The summed E-state index contributed by atoms with van der Waals surface area (Å²) in [4.78, 5) is 19.5. The fourth-order valence-corrected chi connectivity index (χ4v) is 1.57. The van der Waals surface area contributed by atoms with E-state index >= 15 is 0 Å². The zero-order valence-corrected chi connectivity index (χ0v) is 13.9. The first-order valence-corrected chi connectivity index (χ1v) is 6.72.